The molecule has 0 spiro atoms. The van der Waals surface area contributed by atoms with Gasteiger partial charge in [0.25, 0.3) is 0 Å². The molecule has 0 saturated heterocycles. The van der Waals surface area contributed by atoms with Crippen LogP contribution < -0.4 is 0 Å². The number of ketones is 1. The highest BCUT2D eigenvalue weighted by Crippen LogP contribution is 2.43. The number of carbonyl (C=O) groups is 1. The molecule has 0 aliphatic heterocycles. The van der Waals surface area contributed by atoms with Gasteiger partial charge in [0.05, 0.1) is 0 Å². The van der Waals surface area contributed by atoms with E-state index < -0.39 is 0 Å². The van der Waals surface area contributed by atoms with E-state index in [9.17, 15) is 4.79 Å². The van der Waals surface area contributed by atoms with Gasteiger partial charge in [0.15, 0.2) is 5.78 Å². The predicted octanol–water partition coefficient (Wildman–Crippen LogP) is 3.88. The van der Waals surface area contributed by atoms with Gasteiger partial charge in [-0.1, -0.05) is 38.2 Å². The zero-order valence-electron chi connectivity index (χ0n) is 9.58. The highest BCUT2D eigenvalue weighted by Gasteiger charge is 2.40. The molecule has 1 heteroatoms. The molecular formula is C14H22O. The second-order valence-corrected chi connectivity index (χ2v) is 5.11. The fourth-order valence-corrected chi connectivity index (χ4v) is 2.61. The van der Waals surface area contributed by atoms with Crippen molar-refractivity contribution in [2.24, 2.45) is 11.8 Å². The maximum absolute atomic E-state index is 11.7. The zero-order chi connectivity index (χ0) is 10.5. The van der Waals surface area contributed by atoms with Gasteiger partial charge in [-0.3, -0.25) is 4.79 Å². The van der Waals surface area contributed by atoms with Crippen LogP contribution in [-0.2, 0) is 4.79 Å². The Morgan fingerprint density at radius 1 is 1.00 bits per heavy atom. The third-order valence-corrected chi connectivity index (χ3v) is 3.77. The van der Waals surface area contributed by atoms with E-state index in [1.54, 1.807) is 0 Å². The maximum Gasteiger partial charge on any atom is 0.158 e. The lowest BCUT2D eigenvalue weighted by Gasteiger charge is -2.00. The van der Waals surface area contributed by atoms with Crippen molar-refractivity contribution < 1.29 is 4.79 Å². The molecule has 0 unspecified atom stereocenters. The smallest absolute Gasteiger partial charge is 0.158 e. The molecule has 1 nitrogen and oxygen atoms in total. The van der Waals surface area contributed by atoms with Crippen molar-refractivity contribution in [3.63, 3.8) is 0 Å². The molecule has 0 aromatic rings. The van der Waals surface area contributed by atoms with Crippen molar-refractivity contribution >= 4 is 5.78 Å². The van der Waals surface area contributed by atoms with Gasteiger partial charge in [0.2, 0.25) is 0 Å². The topological polar surface area (TPSA) is 17.1 Å². The molecule has 2 aliphatic rings. The molecule has 0 N–H and O–H groups in total. The van der Waals surface area contributed by atoms with Gasteiger partial charge < -0.3 is 0 Å². The van der Waals surface area contributed by atoms with Crippen LogP contribution in [0.3, 0.4) is 0 Å². The molecule has 1 saturated carbocycles. The molecule has 15 heavy (non-hydrogen) atoms. The van der Waals surface area contributed by atoms with E-state index in [0.717, 1.165) is 12.3 Å². The first-order chi connectivity index (χ1) is 7.38. The first kappa shape index (κ1) is 10.9. The number of hydrogen-bond donors (Lipinski definition) is 0. The summed E-state index contributed by atoms with van der Waals surface area (Å²) >= 11 is 0. The summed E-state index contributed by atoms with van der Waals surface area (Å²) < 4.78 is 0. The number of hydrogen-bond acceptors (Lipinski definition) is 1. The van der Waals surface area contributed by atoms with Crippen molar-refractivity contribution in [2.45, 2.75) is 57.8 Å². The van der Waals surface area contributed by atoms with Crippen LogP contribution in [0.15, 0.2) is 12.2 Å². The Balaban J connectivity index is 1.82. The minimum atomic E-state index is 0.402. The molecule has 0 amide bonds. The van der Waals surface area contributed by atoms with Gasteiger partial charge in [-0.15, -0.1) is 0 Å². The molecular weight excluding hydrogens is 184 g/mol. The van der Waals surface area contributed by atoms with Crippen molar-refractivity contribution in [3.05, 3.63) is 12.2 Å². The number of fused-ring (bicyclic) bond motifs is 1. The molecule has 0 heterocycles. The third kappa shape index (κ3) is 3.48. The van der Waals surface area contributed by atoms with Crippen LogP contribution in [0.2, 0.25) is 0 Å². The lowest BCUT2D eigenvalue weighted by atomic mass is 10.1. The van der Waals surface area contributed by atoms with Gasteiger partial charge in [-0.05, 0) is 37.7 Å². The highest BCUT2D eigenvalue weighted by molar-refractivity contribution is 5.93. The van der Waals surface area contributed by atoms with E-state index in [1.165, 1.54) is 51.4 Å². The monoisotopic (exact) mass is 206 g/mol. The average molecular weight is 206 g/mol. The molecule has 0 radical (unpaired) electrons. The van der Waals surface area contributed by atoms with Crippen LogP contribution in [0.4, 0.5) is 0 Å². The Hall–Kier alpha value is -0.590. The van der Waals surface area contributed by atoms with Gasteiger partial charge in [0, 0.05) is 5.92 Å². The van der Waals surface area contributed by atoms with Gasteiger partial charge in [-0.25, -0.2) is 0 Å². The van der Waals surface area contributed by atoms with Crippen LogP contribution in [0.25, 0.3) is 0 Å². The van der Waals surface area contributed by atoms with Crippen LogP contribution in [0.5, 0.6) is 0 Å². The summed E-state index contributed by atoms with van der Waals surface area (Å²) in [5.41, 5.74) is 0. The van der Waals surface area contributed by atoms with Gasteiger partial charge in [-0.2, -0.15) is 0 Å². The highest BCUT2D eigenvalue weighted by atomic mass is 16.1. The summed E-state index contributed by atoms with van der Waals surface area (Å²) in [6, 6.07) is 0. The van der Waals surface area contributed by atoms with E-state index in [4.69, 9.17) is 0 Å². The Labute approximate surface area is 92.9 Å². The summed E-state index contributed by atoms with van der Waals surface area (Å²) in [4.78, 5) is 11.7. The largest absolute Gasteiger partial charge is 0.295 e. The van der Waals surface area contributed by atoms with E-state index >= 15 is 0 Å². The molecule has 2 aliphatic carbocycles. The van der Waals surface area contributed by atoms with Crippen molar-refractivity contribution in [1.82, 2.24) is 0 Å². The maximum atomic E-state index is 11.7. The van der Waals surface area contributed by atoms with Gasteiger partial charge >= 0.3 is 0 Å². The Kier molecular flexibility index (Phi) is 3.99. The molecule has 1 fully saturated rings. The fraction of sp³-hybridized carbons (Fsp3) is 0.786. The van der Waals surface area contributed by atoms with E-state index in [-0.39, 0.29) is 0 Å². The van der Waals surface area contributed by atoms with Crippen LogP contribution >= 0.6 is 0 Å². The second kappa shape index (κ2) is 5.48. The lowest BCUT2D eigenvalue weighted by Crippen LogP contribution is -1.97. The Morgan fingerprint density at radius 3 is 2.60 bits per heavy atom. The SMILES string of the molecule is O=C1/C=C/CCCCCCCC[C@H]2C[C@@H]12. The van der Waals surface area contributed by atoms with Crippen molar-refractivity contribution in [1.29, 1.82) is 0 Å². The van der Waals surface area contributed by atoms with E-state index in [0.29, 0.717) is 11.7 Å². The second-order valence-electron chi connectivity index (χ2n) is 5.11. The predicted molar refractivity (Wildman–Crippen MR) is 62.7 cm³/mol. The summed E-state index contributed by atoms with van der Waals surface area (Å²) in [6.45, 7) is 0. The number of allylic oxidation sites excluding steroid dienone is 2. The Morgan fingerprint density at radius 2 is 1.73 bits per heavy atom. The minimum Gasteiger partial charge on any atom is -0.295 e. The zero-order valence-corrected chi connectivity index (χ0v) is 9.58. The quantitative estimate of drug-likeness (QED) is 0.588. The average Bonchev–Trinajstić information content (AvgIpc) is 2.99. The van der Waals surface area contributed by atoms with Crippen molar-refractivity contribution in [2.75, 3.05) is 0 Å². The van der Waals surface area contributed by atoms with Crippen LogP contribution in [0.1, 0.15) is 57.8 Å². The summed E-state index contributed by atoms with van der Waals surface area (Å²) in [6.07, 6.45) is 15.6. The molecule has 2 atom stereocenters. The molecule has 2 rings (SSSR count). The lowest BCUT2D eigenvalue weighted by molar-refractivity contribution is -0.116. The normalized spacial score (nSPS) is 35.6. The summed E-state index contributed by atoms with van der Waals surface area (Å²) in [7, 11) is 0. The standard InChI is InChI=1S/C14H22O/c15-14-10-8-6-4-2-1-3-5-7-9-12-11-13(12)14/h8,10,12-13H,1-7,9,11H2/b10-8+/t12-,13+/m0/s1. The van der Waals surface area contributed by atoms with Crippen LogP contribution in [-0.4, -0.2) is 5.78 Å². The molecule has 0 bridgehead atoms. The number of carbonyl (C=O) groups excluding carboxylic acids is 1. The van der Waals surface area contributed by atoms with Crippen LogP contribution in [0, 0.1) is 11.8 Å². The van der Waals surface area contributed by atoms with E-state index in [1.807, 2.05) is 6.08 Å². The molecule has 0 aromatic carbocycles. The summed E-state index contributed by atoms with van der Waals surface area (Å²) in [5, 5.41) is 0. The molecule has 0 aromatic heterocycles. The van der Waals surface area contributed by atoms with Gasteiger partial charge in [0.1, 0.15) is 0 Å². The first-order valence-electron chi connectivity index (χ1n) is 6.58. The molecule has 84 valence electrons. The van der Waals surface area contributed by atoms with Crippen molar-refractivity contribution in [3.8, 4) is 0 Å². The van der Waals surface area contributed by atoms with E-state index in [2.05, 4.69) is 6.08 Å². The third-order valence-electron chi connectivity index (χ3n) is 3.77. The number of rotatable bonds is 0. The Bertz CT molecular complexity index is 242. The summed E-state index contributed by atoms with van der Waals surface area (Å²) in [5.74, 6) is 1.55. The first-order valence-corrected chi connectivity index (χ1v) is 6.58. The fourth-order valence-electron chi connectivity index (χ4n) is 2.61. The minimum absolute atomic E-state index is 0.402.